The number of benzene rings is 5. The van der Waals surface area contributed by atoms with Crippen molar-refractivity contribution in [3.05, 3.63) is 124 Å². The first kappa shape index (κ1) is 54.6. The third-order valence-electron chi connectivity index (χ3n) is 15.3. The standard InChI is InChI=1S/C61H73N5O8S2/c1-37(23-38(2)61(8,9)76-75-12)56(67)66(60(6,7)21-22-74-59(3,4)5)43-25-39(35-72-54-31-48-46(29-52(54)70-10)57(68)64-44(33-62-48)27-41-17-13-15-19-50(41)64)24-40(26-43)36-73-55-32-49-47(30-53(55)71-11)58(69)65-45(34-63-49)28-42-18-14-16-20-51(42)65/h13-20,24-26,29-33,37-38,44-45,63H,21-23,27-28,34-36H2,1-12H3/t37?,38?,44-,45-/m0/s1. The number of hydrogen-bond acceptors (Lipinski definition) is 12. The number of rotatable bonds is 19. The van der Waals surface area contributed by atoms with Gasteiger partial charge in [0.15, 0.2) is 23.0 Å². The molecule has 402 valence electrons. The summed E-state index contributed by atoms with van der Waals surface area (Å²) in [7, 11) is 6.72. The monoisotopic (exact) mass is 1070 g/mol. The summed E-state index contributed by atoms with van der Waals surface area (Å²) in [6, 6.07) is 28.9. The zero-order valence-corrected chi connectivity index (χ0v) is 47.7. The lowest BCUT2D eigenvalue weighted by atomic mass is 9.86. The van der Waals surface area contributed by atoms with Crippen molar-refractivity contribution in [3.8, 4) is 23.0 Å². The van der Waals surface area contributed by atoms with E-state index in [1.807, 2.05) is 120 Å². The Morgan fingerprint density at radius 3 is 1.99 bits per heavy atom. The molecule has 4 heterocycles. The van der Waals surface area contributed by atoms with Crippen LogP contribution >= 0.6 is 21.6 Å². The molecule has 4 aliphatic rings. The van der Waals surface area contributed by atoms with Gasteiger partial charge in [0.2, 0.25) is 5.91 Å². The maximum atomic E-state index is 15.4. The van der Waals surface area contributed by atoms with Gasteiger partial charge in [-0.25, -0.2) is 0 Å². The predicted octanol–water partition coefficient (Wildman–Crippen LogP) is 12.9. The molecule has 0 radical (unpaired) electrons. The summed E-state index contributed by atoms with van der Waals surface area (Å²) in [5.41, 5.74) is 7.32. The molecule has 0 bridgehead atoms. The smallest absolute Gasteiger partial charge is 0.261 e. The van der Waals surface area contributed by atoms with E-state index in [2.05, 4.69) is 58.3 Å². The van der Waals surface area contributed by atoms with Crippen molar-refractivity contribution in [2.75, 3.05) is 53.6 Å². The largest absolute Gasteiger partial charge is 0.493 e. The van der Waals surface area contributed by atoms with Gasteiger partial charge in [0.25, 0.3) is 11.8 Å². The molecule has 5 aromatic rings. The first-order valence-electron chi connectivity index (χ1n) is 26.3. The summed E-state index contributed by atoms with van der Waals surface area (Å²) >= 11 is 0. The third kappa shape index (κ3) is 11.3. The lowest BCUT2D eigenvalue weighted by Crippen LogP contribution is -2.51. The highest BCUT2D eigenvalue weighted by Crippen LogP contribution is 2.45. The van der Waals surface area contributed by atoms with E-state index in [4.69, 9.17) is 28.7 Å². The predicted molar refractivity (Wildman–Crippen MR) is 309 cm³/mol. The quantitative estimate of drug-likeness (QED) is 0.0793. The summed E-state index contributed by atoms with van der Waals surface area (Å²) in [6.07, 6.45) is 6.64. The summed E-state index contributed by atoms with van der Waals surface area (Å²) in [5.74, 6) is 1.36. The number of nitrogens with one attached hydrogen (secondary N) is 1. The van der Waals surface area contributed by atoms with Crippen molar-refractivity contribution < 1.29 is 38.1 Å². The van der Waals surface area contributed by atoms with Gasteiger partial charge in [0.1, 0.15) is 13.2 Å². The molecule has 0 saturated heterocycles. The molecule has 0 aromatic heterocycles. The molecule has 15 heteroatoms. The highest BCUT2D eigenvalue weighted by atomic mass is 33.1. The van der Waals surface area contributed by atoms with Crippen LogP contribution in [-0.2, 0) is 35.6 Å². The number of para-hydroxylation sites is 2. The number of carbonyl (C=O) groups is 3. The number of nitrogens with zero attached hydrogens (tertiary/aromatic N) is 4. The van der Waals surface area contributed by atoms with Crippen LogP contribution < -0.4 is 39.0 Å². The lowest BCUT2D eigenvalue weighted by Gasteiger charge is -2.42. The SMILES string of the molecule is COc1cc2c(cc1OCc1cc(COc3cc4c(cc3OC)C(=O)N3c5ccccc5C[C@H]3CN4)cc(N(C(=O)C(C)CC(C)C(C)(C)SSC)C(C)(C)CCOC(C)(C)C)c1)N=C[C@@H]1Cc3ccccc3N1C2=O. The summed E-state index contributed by atoms with van der Waals surface area (Å²) in [4.78, 5) is 54.5. The second-order valence-electron chi connectivity index (χ2n) is 22.6. The number of carbonyl (C=O) groups excluding carboxylic acids is 3. The first-order chi connectivity index (χ1) is 36.2. The fraction of sp³-hybridized carbons (Fsp3) is 0.443. The molecule has 0 saturated carbocycles. The van der Waals surface area contributed by atoms with E-state index in [0.29, 0.717) is 83.6 Å². The summed E-state index contributed by atoms with van der Waals surface area (Å²) in [5, 5.41) is 3.55. The van der Waals surface area contributed by atoms with E-state index >= 15 is 4.79 Å². The van der Waals surface area contributed by atoms with E-state index in [9.17, 15) is 9.59 Å². The van der Waals surface area contributed by atoms with Crippen LogP contribution in [0.2, 0.25) is 0 Å². The number of methoxy groups -OCH3 is 2. The van der Waals surface area contributed by atoms with Crippen LogP contribution in [-0.4, -0.2) is 85.5 Å². The van der Waals surface area contributed by atoms with Gasteiger partial charge in [0, 0.05) is 71.2 Å². The van der Waals surface area contributed by atoms with Gasteiger partial charge in [-0.3, -0.25) is 24.3 Å². The minimum atomic E-state index is -0.701. The first-order valence-corrected chi connectivity index (χ1v) is 28.9. The Kier molecular flexibility index (Phi) is 15.9. The molecule has 1 N–H and O–H groups in total. The number of ether oxygens (including phenoxy) is 5. The maximum Gasteiger partial charge on any atom is 0.261 e. The van der Waals surface area contributed by atoms with Gasteiger partial charge in [-0.05, 0) is 145 Å². The van der Waals surface area contributed by atoms with Gasteiger partial charge >= 0.3 is 0 Å². The van der Waals surface area contributed by atoms with Crippen molar-refractivity contribution in [2.24, 2.45) is 16.8 Å². The topological polar surface area (TPSA) is 131 Å². The van der Waals surface area contributed by atoms with Gasteiger partial charge < -0.3 is 38.8 Å². The van der Waals surface area contributed by atoms with Crippen molar-refractivity contribution in [1.82, 2.24) is 0 Å². The van der Waals surface area contributed by atoms with E-state index in [1.165, 1.54) is 0 Å². The highest BCUT2D eigenvalue weighted by Gasteiger charge is 2.41. The van der Waals surface area contributed by atoms with Crippen molar-refractivity contribution in [1.29, 1.82) is 0 Å². The van der Waals surface area contributed by atoms with Crippen LogP contribution in [0.1, 0.15) is 118 Å². The molecule has 0 aliphatic carbocycles. The average molecular weight is 1070 g/mol. The summed E-state index contributed by atoms with van der Waals surface area (Å²) in [6.45, 7) is 20.3. The Hall–Kier alpha value is -6.16. The molecule has 4 atom stereocenters. The Bertz CT molecular complexity index is 3040. The fourth-order valence-corrected chi connectivity index (χ4v) is 13.4. The maximum absolute atomic E-state index is 15.4. The van der Waals surface area contributed by atoms with E-state index in [0.717, 1.165) is 40.0 Å². The van der Waals surface area contributed by atoms with Crippen LogP contribution in [0, 0.1) is 11.8 Å². The molecule has 9 rings (SSSR count). The molecule has 3 amide bonds. The molecular weight excluding hydrogens is 995 g/mol. The van der Waals surface area contributed by atoms with E-state index < -0.39 is 5.54 Å². The number of hydrogen-bond donors (Lipinski definition) is 1. The van der Waals surface area contributed by atoms with Crippen LogP contribution in [0.5, 0.6) is 23.0 Å². The zero-order valence-electron chi connectivity index (χ0n) is 46.1. The highest BCUT2D eigenvalue weighted by molar-refractivity contribution is 8.76. The Balaban J connectivity index is 1.07. The van der Waals surface area contributed by atoms with Crippen molar-refractivity contribution in [2.45, 2.75) is 129 Å². The second kappa shape index (κ2) is 22.1. The number of anilines is 4. The fourth-order valence-electron chi connectivity index (χ4n) is 10.9. The molecule has 76 heavy (non-hydrogen) atoms. The normalized spacial score (nSPS) is 17.5. The van der Waals surface area contributed by atoms with Crippen molar-refractivity contribution >= 4 is 74.0 Å². The number of aliphatic imine (C=N–C) groups is 1. The van der Waals surface area contributed by atoms with Crippen molar-refractivity contribution in [3.63, 3.8) is 0 Å². The average Bonchev–Trinajstić information content (AvgIpc) is 3.88. The van der Waals surface area contributed by atoms with E-state index in [1.54, 1.807) is 43.2 Å². The third-order valence-corrected chi connectivity index (χ3v) is 18.0. The minimum absolute atomic E-state index is 0.00636. The molecule has 2 unspecified atom stereocenters. The number of amides is 3. The molecule has 5 aromatic carbocycles. The summed E-state index contributed by atoms with van der Waals surface area (Å²) < 4.78 is 31.5. The van der Waals surface area contributed by atoms with Crippen LogP contribution in [0.3, 0.4) is 0 Å². The Morgan fingerprint density at radius 2 is 1.36 bits per heavy atom. The van der Waals surface area contributed by atoms with Crippen LogP contribution in [0.25, 0.3) is 0 Å². The van der Waals surface area contributed by atoms with Crippen LogP contribution in [0.15, 0.2) is 96.0 Å². The van der Waals surface area contributed by atoms with Gasteiger partial charge in [-0.15, -0.1) is 0 Å². The van der Waals surface area contributed by atoms with E-state index in [-0.39, 0.29) is 65.2 Å². The van der Waals surface area contributed by atoms with Gasteiger partial charge in [-0.2, -0.15) is 0 Å². The van der Waals surface area contributed by atoms with Gasteiger partial charge in [0.05, 0.1) is 54.4 Å². The molecule has 0 spiro atoms. The Morgan fingerprint density at radius 1 is 0.763 bits per heavy atom. The second-order valence-corrected chi connectivity index (χ2v) is 25.7. The lowest BCUT2D eigenvalue weighted by molar-refractivity contribution is -0.123. The zero-order chi connectivity index (χ0) is 54.3. The van der Waals surface area contributed by atoms with Gasteiger partial charge in [-0.1, -0.05) is 71.8 Å². The molecule has 0 fully saturated rings. The van der Waals surface area contributed by atoms with Crippen LogP contribution in [0.4, 0.5) is 28.4 Å². The molecular formula is C61H73N5O8S2. The number of fused-ring (bicyclic) bond motifs is 8. The minimum Gasteiger partial charge on any atom is -0.493 e. The Labute approximate surface area is 456 Å². The molecule has 4 aliphatic heterocycles. The molecule has 13 nitrogen and oxygen atoms in total.